The Labute approximate surface area is 128 Å². The van der Waals surface area contributed by atoms with Crippen LogP contribution in [0.4, 0.5) is 8.78 Å². The maximum atomic E-state index is 13.9. The van der Waals surface area contributed by atoms with Gasteiger partial charge in [0.05, 0.1) is 12.1 Å². The molecule has 4 rings (SSSR count). The monoisotopic (exact) mass is 325 g/mol. The van der Waals surface area contributed by atoms with Crippen molar-refractivity contribution in [1.29, 1.82) is 0 Å². The molecule has 1 saturated heterocycles. The molecule has 1 aromatic heterocycles. The number of primary amides is 1. The summed E-state index contributed by atoms with van der Waals surface area (Å²) in [5.74, 6) is -3.28. The Bertz CT molecular complexity index is 808. The molecular weight excluding hydrogens is 312 g/mol. The fraction of sp³-hybridized carbons (Fsp3) is 0.500. The minimum atomic E-state index is -1.76. The number of fused-ring (bicyclic) bond motifs is 6. The summed E-state index contributed by atoms with van der Waals surface area (Å²) in [5, 5.41) is 10.00. The highest BCUT2D eigenvalue weighted by atomic mass is 19.2. The predicted octanol–water partition coefficient (Wildman–Crippen LogP) is -0.444. The number of halogens is 2. The molecule has 7 nitrogen and oxygen atoms in total. The lowest BCUT2D eigenvalue weighted by Gasteiger charge is -2.42. The van der Waals surface area contributed by atoms with Gasteiger partial charge in [-0.3, -0.25) is 14.4 Å². The van der Waals surface area contributed by atoms with Gasteiger partial charge in [-0.05, 0) is 6.42 Å². The lowest BCUT2D eigenvalue weighted by Crippen LogP contribution is -2.58. The summed E-state index contributed by atoms with van der Waals surface area (Å²) in [5.41, 5.74) is 3.29. The molecule has 9 heteroatoms. The third-order valence-corrected chi connectivity index (χ3v) is 5.15. The highest BCUT2D eigenvalue weighted by Gasteiger charge is 2.61. The zero-order valence-corrected chi connectivity index (χ0v) is 11.8. The molecule has 0 radical (unpaired) electrons. The largest absolute Gasteiger partial charge is 0.503 e. The van der Waals surface area contributed by atoms with E-state index in [1.165, 1.54) is 9.47 Å². The van der Waals surface area contributed by atoms with Crippen molar-refractivity contribution in [2.75, 3.05) is 0 Å². The van der Waals surface area contributed by atoms with Gasteiger partial charge in [0.1, 0.15) is 11.7 Å². The summed E-state index contributed by atoms with van der Waals surface area (Å²) in [6.45, 7) is 0.0729. The molecule has 2 aliphatic heterocycles. The standard InChI is InChI=1S/C14H13F2N3O4/c15-8-4-1-6(9(8)16)19-7(4)3-18-2-5(13(17)22)11(20)12(21)10(18)14(19)23/h2,4,6-9,21H,1,3H2,(H2,17,22)/t4-,6-,7+,8?,9?/m1/s1. The third-order valence-electron chi connectivity index (χ3n) is 5.15. The van der Waals surface area contributed by atoms with Crippen molar-refractivity contribution in [3.8, 4) is 5.75 Å². The second-order valence-corrected chi connectivity index (χ2v) is 6.22. The van der Waals surface area contributed by atoms with Crippen LogP contribution >= 0.6 is 0 Å². The van der Waals surface area contributed by atoms with Gasteiger partial charge in [0.15, 0.2) is 17.6 Å². The first-order valence-electron chi connectivity index (χ1n) is 7.20. The summed E-state index contributed by atoms with van der Waals surface area (Å²) in [6, 6.07) is -1.45. The van der Waals surface area contributed by atoms with Crippen molar-refractivity contribution < 1.29 is 23.5 Å². The Balaban J connectivity index is 1.87. The number of aromatic nitrogens is 1. The highest BCUT2D eigenvalue weighted by molar-refractivity contribution is 5.99. The van der Waals surface area contributed by atoms with Gasteiger partial charge in [-0.15, -0.1) is 0 Å². The minimum Gasteiger partial charge on any atom is -0.503 e. The summed E-state index contributed by atoms with van der Waals surface area (Å²) in [4.78, 5) is 37.0. The molecule has 3 heterocycles. The van der Waals surface area contributed by atoms with Crippen LogP contribution in [0.3, 0.4) is 0 Å². The molecule has 0 aromatic carbocycles. The minimum absolute atomic E-state index is 0.0729. The highest BCUT2D eigenvalue weighted by Crippen LogP contribution is 2.48. The van der Waals surface area contributed by atoms with E-state index in [4.69, 9.17) is 5.73 Å². The second kappa shape index (κ2) is 4.30. The number of nitrogens with two attached hydrogens (primary N) is 1. The molecule has 122 valence electrons. The molecule has 23 heavy (non-hydrogen) atoms. The Morgan fingerprint density at radius 1 is 1.26 bits per heavy atom. The zero-order valence-electron chi connectivity index (χ0n) is 11.8. The molecule has 2 fully saturated rings. The van der Waals surface area contributed by atoms with Crippen molar-refractivity contribution in [3.05, 3.63) is 27.7 Å². The van der Waals surface area contributed by atoms with E-state index in [1.807, 2.05) is 0 Å². The van der Waals surface area contributed by atoms with Crippen LogP contribution in [0.15, 0.2) is 11.0 Å². The first-order valence-corrected chi connectivity index (χ1v) is 7.20. The predicted molar refractivity (Wildman–Crippen MR) is 72.5 cm³/mol. The summed E-state index contributed by atoms with van der Waals surface area (Å²) >= 11 is 0. The van der Waals surface area contributed by atoms with E-state index in [0.29, 0.717) is 0 Å². The number of alkyl halides is 2. The van der Waals surface area contributed by atoms with Crippen molar-refractivity contribution in [2.24, 2.45) is 11.7 Å². The van der Waals surface area contributed by atoms with Crippen molar-refractivity contribution in [3.63, 3.8) is 0 Å². The number of piperidine rings is 1. The van der Waals surface area contributed by atoms with Crippen LogP contribution in [0.1, 0.15) is 27.3 Å². The molecule has 1 aromatic rings. The van der Waals surface area contributed by atoms with E-state index < -0.39 is 58.9 Å². The number of hydrogen-bond donors (Lipinski definition) is 2. The van der Waals surface area contributed by atoms with E-state index in [2.05, 4.69) is 0 Å². The molecule has 0 spiro atoms. The molecule has 2 unspecified atom stereocenters. The quantitative estimate of drug-likeness (QED) is 0.730. The van der Waals surface area contributed by atoms with E-state index in [0.717, 1.165) is 6.20 Å². The van der Waals surface area contributed by atoms with Crippen molar-refractivity contribution in [1.82, 2.24) is 9.47 Å². The van der Waals surface area contributed by atoms with Crippen LogP contribution in [0.2, 0.25) is 0 Å². The molecule has 1 saturated carbocycles. The number of nitrogens with zero attached hydrogens (tertiary/aromatic N) is 2. The van der Waals surface area contributed by atoms with Crippen molar-refractivity contribution >= 4 is 11.8 Å². The van der Waals surface area contributed by atoms with E-state index in [9.17, 15) is 28.3 Å². The fourth-order valence-electron chi connectivity index (χ4n) is 4.12. The normalized spacial score (nSPS) is 34.4. The lowest BCUT2D eigenvalue weighted by atomic mass is 9.93. The van der Waals surface area contributed by atoms with Gasteiger partial charge in [-0.2, -0.15) is 0 Å². The van der Waals surface area contributed by atoms with Crippen LogP contribution in [0.5, 0.6) is 5.75 Å². The molecule has 5 atom stereocenters. The zero-order chi connectivity index (χ0) is 16.6. The number of carbonyl (C=O) groups excluding carboxylic acids is 2. The van der Waals surface area contributed by atoms with Crippen LogP contribution in [-0.4, -0.2) is 50.8 Å². The third kappa shape index (κ3) is 1.59. The summed E-state index contributed by atoms with van der Waals surface area (Å²) in [7, 11) is 0. The van der Waals surface area contributed by atoms with Gasteiger partial charge in [0.25, 0.3) is 11.8 Å². The molecule has 1 aliphatic carbocycles. The van der Waals surface area contributed by atoms with Gasteiger partial charge in [0.2, 0.25) is 5.43 Å². The topological polar surface area (TPSA) is 106 Å². The number of pyridine rings is 1. The maximum absolute atomic E-state index is 13.9. The Hall–Kier alpha value is -2.45. The Morgan fingerprint density at radius 2 is 1.96 bits per heavy atom. The SMILES string of the molecule is NC(=O)c1cn2c(c(O)c1=O)C(=O)N1[C@@H]3C[C@@H](C(F)C3F)[C@@H]1C2. The number of amides is 2. The number of carbonyl (C=O) groups is 2. The summed E-state index contributed by atoms with van der Waals surface area (Å²) in [6.07, 6.45) is -2.09. The van der Waals surface area contributed by atoms with Crippen molar-refractivity contribution in [2.45, 2.75) is 37.4 Å². The molecule has 3 N–H and O–H groups in total. The maximum Gasteiger partial charge on any atom is 0.275 e. The Morgan fingerprint density at radius 3 is 2.61 bits per heavy atom. The fourth-order valence-corrected chi connectivity index (χ4v) is 4.12. The number of rotatable bonds is 1. The second-order valence-electron chi connectivity index (χ2n) is 6.22. The van der Waals surface area contributed by atoms with Crippen LogP contribution in [0, 0.1) is 5.92 Å². The van der Waals surface area contributed by atoms with Crippen LogP contribution < -0.4 is 11.2 Å². The smallest absolute Gasteiger partial charge is 0.275 e. The van der Waals surface area contributed by atoms with Crippen LogP contribution in [-0.2, 0) is 6.54 Å². The van der Waals surface area contributed by atoms with E-state index in [1.54, 1.807) is 0 Å². The van der Waals surface area contributed by atoms with Crippen LogP contribution in [0.25, 0.3) is 0 Å². The first-order chi connectivity index (χ1) is 10.8. The van der Waals surface area contributed by atoms with Gasteiger partial charge in [-0.1, -0.05) is 0 Å². The average Bonchev–Trinajstić information content (AvgIpc) is 3.00. The Kier molecular flexibility index (Phi) is 2.65. The van der Waals surface area contributed by atoms with Gasteiger partial charge >= 0.3 is 0 Å². The van der Waals surface area contributed by atoms with Gasteiger partial charge in [0, 0.05) is 18.7 Å². The molecule has 3 aliphatic rings. The molecular formula is C14H13F2N3O4. The van der Waals surface area contributed by atoms with Gasteiger partial charge < -0.3 is 20.3 Å². The van der Waals surface area contributed by atoms with E-state index >= 15 is 0 Å². The van der Waals surface area contributed by atoms with Gasteiger partial charge in [-0.25, -0.2) is 8.78 Å². The number of hydrogen-bond acceptors (Lipinski definition) is 4. The lowest BCUT2D eigenvalue weighted by molar-refractivity contribution is 0.00145. The molecule has 2 amide bonds. The average molecular weight is 325 g/mol. The number of aromatic hydroxyl groups is 1. The van der Waals surface area contributed by atoms with E-state index in [-0.39, 0.29) is 18.7 Å². The molecule has 2 bridgehead atoms. The first kappa shape index (κ1) is 14.2. The summed E-state index contributed by atoms with van der Waals surface area (Å²) < 4.78 is 29.1.